The largest absolute Gasteiger partial charge is 0.383 e. The third-order valence-electron chi connectivity index (χ3n) is 2.05. The maximum atomic E-state index is 11.7. The topological polar surface area (TPSA) is 73.2 Å². The molecule has 1 N–H and O–H groups in total. The number of hydrogen-bond donors (Lipinski definition) is 1. The van der Waals surface area contributed by atoms with E-state index in [4.69, 9.17) is 16.3 Å². The summed E-state index contributed by atoms with van der Waals surface area (Å²) in [5, 5.41) is -0.190. The van der Waals surface area contributed by atoms with Gasteiger partial charge in [-0.3, -0.25) is 0 Å². The molecule has 0 bridgehead atoms. The van der Waals surface area contributed by atoms with Crippen molar-refractivity contribution in [1.82, 2.24) is 14.3 Å². The third kappa shape index (κ3) is 4.63. The molecule has 1 rings (SSSR count). The molecular weight excluding hydrogens is 266 g/mol. The molecule has 1 aromatic rings. The van der Waals surface area contributed by atoms with E-state index in [1.807, 2.05) is 0 Å². The van der Waals surface area contributed by atoms with Crippen molar-refractivity contribution in [2.75, 3.05) is 20.3 Å². The number of halogens is 1. The first-order valence-corrected chi connectivity index (χ1v) is 6.98. The normalized spacial score (nSPS) is 13.8. The average Bonchev–Trinajstić information content (AvgIpc) is 2.65. The summed E-state index contributed by atoms with van der Waals surface area (Å²) in [4.78, 5) is 3.78. The van der Waals surface area contributed by atoms with Gasteiger partial charge in [0, 0.05) is 26.9 Å². The zero-order chi connectivity index (χ0) is 12.9. The predicted octanol–water partition coefficient (Wildman–Crippen LogP) is 0.342. The lowest BCUT2D eigenvalue weighted by Crippen LogP contribution is -2.27. The van der Waals surface area contributed by atoms with E-state index in [0.717, 1.165) is 0 Å². The van der Waals surface area contributed by atoms with Gasteiger partial charge in [0.25, 0.3) is 10.0 Å². The van der Waals surface area contributed by atoms with E-state index in [2.05, 4.69) is 9.71 Å². The first-order valence-electron chi connectivity index (χ1n) is 5.06. The molecule has 1 unspecified atom stereocenters. The van der Waals surface area contributed by atoms with Crippen LogP contribution in [-0.4, -0.2) is 43.6 Å². The Morgan fingerprint density at radius 3 is 2.88 bits per heavy atom. The number of rotatable bonds is 7. The van der Waals surface area contributed by atoms with Gasteiger partial charge in [0.05, 0.1) is 18.3 Å². The van der Waals surface area contributed by atoms with Crippen LogP contribution in [0.5, 0.6) is 0 Å². The molecule has 0 aromatic carbocycles. The Balaban J connectivity index is 2.46. The molecule has 0 aliphatic carbocycles. The second kappa shape index (κ2) is 6.34. The van der Waals surface area contributed by atoms with Crippen molar-refractivity contribution in [2.24, 2.45) is 7.05 Å². The lowest BCUT2D eigenvalue weighted by Gasteiger charge is -2.08. The van der Waals surface area contributed by atoms with Gasteiger partial charge < -0.3 is 9.30 Å². The Hall–Kier alpha value is -0.630. The predicted molar refractivity (Wildman–Crippen MR) is 64.5 cm³/mol. The molecule has 0 amide bonds. The van der Waals surface area contributed by atoms with Gasteiger partial charge in [-0.1, -0.05) is 0 Å². The number of alkyl halides is 1. The summed E-state index contributed by atoms with van der Waals surface area (Å²) < 4.78 is 32.3. The van der Waals surface area contributed by atoms with Gasteiger partial charge in [-0.2, -0.15) is 0 Å². The van der Waals surface area contributed by atoms with E-state index >= 15 is 0 Å². The van der Waals surface area contributed by atoms with E-state index in [1.165, 1.54) is 12.5 Å². The van der Waals surface area contributed by atoms with E-state index in [9.17, 15) is 8.42 Å². The average molecular weight is 282 g/mol. The van der Waals surface area contributed by atoms with Crippen molar-refractivity contribution in [3.63, 3.8) is 0 Å². The number of nitrogens with zero attached hydrogens (tertiary/aromatic N) is 2. The first-order chi connectivity index (χ1) is 7.95. The summed E-state index contributed by atoms with van der Waals surface area (Å²) in [7, 11) is -0.275. The lowest BCUT2D eigenvalue weighted by atomic mass is 10.3. The van der Waals surface area contributed by atoms with Crippen LogP contribution in [0.4, 0.5) is 0 Å². The summed E-state index contributed by atoms with van der Waals surface area (Å²) >= 11 is 5.88. The SMILES string of the molecule is COCC(Cl)CCNS(=O)(=O)c1cn(C)cn1. The highest BCUT2D eigenvalue weighted by Crippen LogP contribution is 2.05. The third-order valence-corrected chi connectivity index (χ3v) is 3.74. The summed E-state index contributed by atoms with van der Waals surface area (Å²) in [6, 6.07) is 0. The molecule has 0 aliphatic heterocycles. The second-order valence-corrected chi connectivity index (χ2v) is 5.95. The molecule has 1 atom stereocenters. The van der Waals surface area contributed by atoms with Crippen molar-refractivity contribution in [1.29, 1.82) is 0 Å². The van der Waals surface area contributed by atoms with Crippen molar-refractivity contribution >= 4 is 21.6 Å². The Labute approximate surface area is 106 Å². The fourth-order valence-electron chi connectivity index (χ4n) is 1.22. The molecule has 6 nitrogen and oxygen atoms in total. The number of hydrogen-bond acceptors (Lipinski definition) is 4. The molecule has 0 radical (unpaired) electrons. The maximum Gasteiger partial charge on any atom is 0.259 e. The van der Waals surface area contributed by atoms with Crippen LogP contribution in [0.15, 0.2) is 17.6 Å². The lowest BCUT2D eigenvalue weighted by molar-refractivity contribution is 0.196. The molecule has 0 spiro atoms. The van der Waals surface area contributed by atoms with E-state index < -0.39 is 10.0 Å². The van der Waals surface area contributed by atoms with Crippen LogP contribution < -0.4 is 4.72 Å². The van der Waals surface area contributed by atoms with Crippen LogP contribution in [0.3, 0.4) is 0 Å². The van der Waals surface area contributed by atoms with Gasteiger partial charge in [0.2, 0.25) is 0 Å². The van der Waals surface area contributed by atoms with Crippen LogP contribution >= 0.6 is 11.6 Å². The van der Waals surface area contributed by atoms with Crippen LogP contribution in [0.1, 0.15) is 6.42 Å². The smallest absolute Gasteiger partial charge is 0.259 e. The van der Waals surface area contributed by atoms with Crippen molar-refractivity contribution in [3.05, 3.63) is 12.5 Å². The van der Waals surface area contributed by atoms with Gasteiger partial charge in [-0.25, -0.2) is 18.1 Å². The van der Waals surface area contributed by atoms with Crippen LogP contribution in [0, 0.1) is 0 Å². The fraction of sp³-hybridized carbons (Fsp3) is 0.667. The molecule has 98 valence electrons. The molecular formula is C9H16ClN3O3S. The first kappa shape index (κ1) is 14.4. The van der Waals surface area contributed by atoms with Gasteiger partial charge in [0.15, 0.2) is 5.03 Å². The molecule has 0 fully saturated rings. The highest BCUT2D eigenvalue weighted by atomic mass is 35.5. The number of sulfonamides is 1. The standard InChI is InChI=1S/C9H16ClN3O3S/c1-13-5-9(11-7-13)17(14,15)12-4-3-8(10)6-16-2/h5,7-8,12H,3-4,6H2,1-2H3. The van der Waals surface area contributed by atoms with Gasteiger partial charge in [0.1, 0.15) is 0 Å². The van der Waals surface area contributed by atoms with Gasteiger partial charge >= 0.3 is 0 Å². The molecule has 0 saturated heterocycles. The molecule has 0 saturated carbocycles. The Morgan fingerprint density at radius 1 is 1.65 bits per heavy atom. The number of aryl methyl sites for hydroxylation is 1. The highest BCUT2D eigenvalue weighted by Gasteiger charge is 2.16. The highest BCUT2D eigenvalue weighted by molar-refractivity contribution is 7.89. The van der Waals surface area contributed by atoms with Gasteiger partial charge in [-0.05, 0) is 6.42 Å². The number of nitrogens with one attached hydrogen (secondary N) is 1. The van der Waals surface area contributed by atoms with Crippen molar-refractivity contribution < 1.29 is 13.2 Å². The fourth-order valence-corrected chi connectivity index (χ4v) is 2.48. The Morgan fingerprint density at radius 2 is 2.35 bits per heavy atom. The quantitative estimate of drug-likeness (QED) is 0.732. The Bertz CT molecular complexity index is 446. The van der Waals surface area contributed by atoms with Crippen molar-refractivity contribution in [2.45, 2.75) is 16.8 Å². The summed E-state index contributed by atoms with van der Waals surface area (Å²) in [6.45, 7) is 0.656. The molecule has 0 aliphatic rings. The van der Waals surface area contributed by atoms with E-state index in [-0.39, 0.29) is 16.9 Å². The van der Waals surface area contributed by atoms with Crippen molar-refractivity contribution in [3.8, 4) is 0 Å². The van der Waals surface area contributed by atoms with E-state index in [0.29, 0.717) is 13.0 Å². The van der Waals surface area contributed by atoms with Crippen LogP contribution in [0.2, 0.25) is 0 Å². The van der Waals surface area contributed by atoms with E-state index in [1.54, 1.807) is 18.7 Å². The molecule has 1 heterocycles. The minimum absolute atomic E-state index is 0.0119. The Kier molecular flexibility index (Phi) is 5.38. The monoisotopic (exact) mass is 281 g/mol. The number of imidazole rings is 1. The number of ether oxygens (including phenoxy) is 1. The molecule has 1 aromatic heterocycles. The number of aromatic nitrogens is 2. The molecule has 8 heteroatoms. The summed E-state index contributed by atoms with van der Waals surface area (Å²) in [5.74, 6) is 0. The number of methoxy groups -OCH3 is 1. The second-order valence-electron chi connectivity index (χ2n) is 3.62. The van der Waals surface area contributed by atoms with Crippen LogP contribution in [0.25, 0.3) is 0 Å². The zero-order valence-corrected chi connectivity index (χ0v) is 11.3. The summed E-state index contributed by atoms with van der Waals surface area (Å²) in [5.41, 5.74) is 0. The summed E-state index contributed by atoms with van der Waals surface area (Å²) in [6.07, 6.45) is 3.38. The minimum atomic E-state index is -3.53. The minimum Gasteiger partial charge on any atom is -0.383 e. The van der Waals surface area contributed by atoms with Gasteiger partial charge in [-0.15, -0.1) is 11.6 Å². The van der Waals surface area contributed by atoms with Crippen LogP contribution in [-0.2, 0) is 21.8 Å². The molecule has 17 heavy (non-hydrogen) atoms. The maximum absolute atomic E-state index is 11.7. The zero-order valence-electron chi connectivity index (χ0n) is 9.76.